The molecule has 0 atom stereocenters. The standard InChI is InChI=1S/C41H50FN9O6/c1-40(2,3)56-38(53)47-37(48-39(54)57-41(4,5)6)45-17-20-51-33-22-28(36(44)52)13-14-32(33)49(7)35(51)24-50-18-15-27(16-19-50)31-9-8-10-34(46-31)55-25-29-12-11-26(23-43)21-30(29)42/h8-14,21-22,27H,15-20,24-25H2,1-7H3,(H3-,44,45,47,48,52,53,54)/p+1. The number of hydrogen-bond acceptors (Lipinski definition) is 10. The molecule has 0 aliphatic carbocycles. The van der Waals surface area contributed by atoms with Gasteiger partial charge in [0, 0.05) is 34.9 Å². The number of primary amides is 1. The van der Waals surface area contributed by atoms with Crippen LogP contribution in [-0.2, 0) is 36.2 Å². The lowest BCUT2D eigenvalue weighted by atomic mass is 9.93. The van der Waals surface area contributed by atoms with E-state index in [4.69, 9.17) is 30.2 Å². The number of carbonyl (C=O) groups excluding carboxylic acids is 3. The van der Waals surface area contributed by atoms with Crippen LogP contribution in [-0.4, -0.2) is 69.3 Å². The van der Waals surface area contributed by atoms with E-state index in [9.17, 15) is 18.8 Å². The van der Waals surface area contributed by atoms with E-state index in [1.54, 1.807) is 71.9 Å². The number of aromatic nitrogens is 3. The number of nitrogens with two attached hydrogens (primary N) is 1. The molecular formula is C41H51FN9O6+. The summed E-state index contributed by atoms with van der Waals surface area (Å²) >= 11 is 0. The van der Waals surface area contributed by atoms with Crippen molar-refractivity contribution in [3.63, 3.8) is 0 Å². The molecule has 0 unspecified atom stereocenters. The van der Waals surface area contributed by atoms with E-state index in [-0.39, 0.29) is 30.6 Å². The van der Waals surface area contributed by atoms with Crippen molar-refractivity contribution in [3.05, 3.63) is 88.6 Å². The zero-order chi connectivity index (χ0) is 41.5. The first-order valence-corrected chi connectivity index (χ1v) is 18.7. The smallest absolute Gasteiger partial charge is 0.414 e. The molecule has 1 aliphatic rings. The predicted octanol–water partition coefficient (Wildman–Crippen LogP) is 5.33. The van der Waals surface area contributed by atoms with Crippen LogP contribution in [0.3, 0.4) is 0 Å². The molecule has 2 aromatic heterocycles. The van der Waals surface area contributed by atoms with Crippen LogP contribution in [0.15, 0.2) is 59.6 Å². The molecule has 16 heteroatoms. The van der Waals surface area contributed by atoms with Crippen molar-refractivity contribution in [2.45, 2.75) is 91.2 Å². The van der Waals surface area contributed by atoms with Gasteiger partial charge in [0.2, 0.25) is 17.7 Å². The van der Waals surface area contributed by atoms with Crippen LogP contribution in [0.1, 0.15) is 93.3 Å². The number of fused-ring (bicyclic) bond motifs is 1. The fraction of sp³-hybridized carbons (Fsp3) is 0.439. The number of carbonyl (C=O) groups is 3. The summed E-state index contributed by atoms with van der Waals surface area (Å²) in [7, 11) is 1.97. The number of nitrogens with zero attached hydrogens (tertiary/aromatic N) is 6. The molecule has 57 heavy (non-hydrogen) atoms. The lowest BCUT2D eigenvalue weighted by Gasteiger charge is -2.30. The van der Waals surface area contributed by atoms with Gasteiger partial charge in [-0.15, -0.1) is 0 Å². The van der Waals surface area contributed by atoms with Crippen molar-refractivity contribution in [1.29, 1.82) is 5.26 Å². The Hall–Kier alpha value is -6.08. The summed E-state index contributed by atoms with van der Waals surface area (Å²) in [4.78, 5) is 49.2. The first-order valence-electron chi connectivity index (χ1n) is 18.7. The third-order valence-electron chi connectivity index (χ3n) is 9.12. The number of pyridine rings is 1. The van der Waals surface area contributed by atoms with Crippen molar-refractivity contribution in [2.24, 2.45) is 17.8 Å². The van der Waals surface area contributed by atoms with E-state index in [2.05, 4.69) is 29.7 Å². The number of nitrogens with one attached hydrogen (secondary N) is 2. The molecule has 0 bridgehead atoms. The number of hydrogen-bond donors (Lipinski definition) is 3. The number of ether oxygens (including phenoxy) is 3. The maximum absolute atomic E-state index is 14.4. The van der Waals surface area contributed by atoms with Crippen molar-refractivity contribution in [2.75, 3.05) is 19.6 Å². The molecule has 0 spiro atoms. The summed E-state index contributed by atoms with van der Waals surface area (Å²) in [5, 5.41) is 14.1. The van der Waals surface area contributed by atoms with Crippen LogP contribution in [0.4, 0.5) is 14.0 Å². The molecule has 4 aromatic rings. The second-order valence-electron chi connectivity index (χ2n) is 15.8. The van der Waals surface area contributed by atoms with Crippen LogP contribution < -0.4 is 25.7 Å². The summed E-state index contributed by atoms with van der Waals surface area (Å²) in [6, 6.07) is 17.1. The van der Waals surface area contributed by atoms with Gasteiger partial charge in [-0.05, 0) is 97.8 Å². The van der Waals surface area contributed by atoms with Crippen molar-refractivity contribution in [3.8, 4) is 11.9 Å². The maximum Gasteiger partial charge on any atom is 0.414 e. The van der Waals surface area contributed by atoms with Crippen LogP contribution >= 0.6 is 0 Å². The fourth-order valence-electron chi connectivity index (χ4n) is 6.46. The topological polar surface area (TPSA) is 190 Å². The number of nitriles is 1. The molecule has 3 heterocycles. The highest BCUT2D eigenvalue weighted by Gasteiger charge is 2.29. The minimum atomic E-state index is -0.793. The number of imidazole rings is 1. The molecule has 1 aliphatic heterocycles. The number of likely N-dealkylation sites (tertiary alicyclic amines) is 1. The molecule has 302 valence electrons. The highest BCUT2D eigenvalue weighted by atomic mass is 19.1. The largest absolute Gasteiger partial charge is 0.473 e. The predicted molar refractivity (Wildman–Crippen MR) is 210 cm³/mol. The number of aryl methyl sites for hydroxylation is 1. The van der Waals surface area contributed by atoms with Gasteiger partial charge in [-0.2, -0.15) is 5.26 Å². The number of halogens is 1. The van der Waals surface area contributed by atoms with Crippen LogP contribution in [0.5, 0.6) is 5.88 Å². The normalized spacial score (nSPS) is 13.7. The minimum Gasteiger partial charge on any atom is -0.473 e. The molecule has 2 aromatic carbocycles. The Morgan fingerprint density at radius 3 is 2.26 bits per heavy atom. The Morgan fingerprint density at radius 2 is 1.67 bits per heavy atom. The highest BCUT2D eigenvalue weighted by Crippen LogP contribution is 2.29. The van der Waals surface area contributed by atoms with Gasteiger partial charge in [-0.1, -0.05) is 12.1 Å². The number of alkyl carbamates (subject to hydrolysis) is 2. The first-order chi connectivity index (χ1) is 26.9. The van der Waals surface area contributed by atoms with Crippen LogP contribution in [0, 0.1) is 17.1 Å². The third-order valence-corrected chi connectivity index (χ3v) is 9.12. The van der Waals surface area contributed by atoms with Crippen LogP contribution in [0.25, 0.3) is 11.0 Å². The number of benzene rings is 2. The maximum atomic E-state index is 14.4. The average Bonchev–Trinajstić information content (AvgIpc) is 3.38. The number of guanidine groups is 1. The van der Waals surface area contributed by atoms with E-state index < -0.39 is 35.1 Å². The summed E-state index contributed by atoms with van der Waals surface area (Å²) < 4.78 is 35.2. The lowest BCUT2D eigenvalue weighted by Crippen LogP contribution is -2.47. The minimum absolute atomic E-state index is 0.00841. The monoisotopic (exact) mass is 784 g/mol. The molecule has 0 radical (unpaired) electrons. The molecule has 1 saturated heterocycles. The average molecular weight is 785 g/mol. The third kappa shape index (κ3) is 11.7. The van der Waals surface area contributed by atoms with Gasteiger partial charge in [-0.3, -0.25) is 20.3 Å². The van der Waals surface area contributed by atoms with Gasteiger partial charge in [0.15, 0.2) is 11.0 Å². The molecule has 4 N–H and O–H groups in total. The number of rotatable bonds is 10. The van der Waals surface area contributed by atoms with E-state index in [1.807, 2.05) is 31.3 Å². The van der Waals surface area contributed by atoms with Crippen LogP contribution in [0.2, 0.25) is 0 Å². The van der Waals surface area contributed by atoms with Gasteiger partial charge in [0.05, 0.1) is 25.2 Å². The first kappa shape index (κ1) is 42.1. The van der Waals surface area contributed by atoms with Gasteiger partial charge >= 0.3 is 12.2 Å². The molecule has 15 nitrogen and oxygen atoms in total. The number of aliphatic imine (C=N–C) groups is 1. The zero-order valence-corrected chi connectivity index (χ0v) is 33.5. The van der Waals surface area contributed by atoms with Gasteiger partial charge < -0.3 is 19.9 Å². The Kier molecular flexibility index (Phi) is 13.1. The number of piperidine rings is 1. The van der Waals surface area contributed by atoms with Crippen molar-refractivity contribution in [1.82, 2.24) is 25.1 Å². The van der Waals surface area contributed by atoms with E-state index in [0.717, 1.165) is 48.5 Å². The highest BCUT2D eigenvalue weighted by molar-refractivity contribution is 6.01. The lowest BCUT2D eigenvalue weighted by molar-refractivity contribution is -0.655. The van der Waals surface area contributed by atoms with Gasteiger partial charge in [0.25, 0.3) is 5.82 Å². The fourth-order valence-corrected chi connectivity index (χ4v) is 6.46. The van der Waals surface area contributed by atoms with E-state index in [1.165, 1.54) is 6.07 Å². The molecule has 3 amide bonds. The summed E-state index contributed by atoms with van der Waals surface area (Å²) in [6.45, 7) is 12.9. The van der Waals surface area contributed by atoms with Gasteiger partial charge in [-0.25, -0.2) is 33.1 Å². The second-order valence-corrected chi connectivity index (χ2v) is 15.8. The van der Waals surface area contributed by atoms with E-state index in [0.29, 0.717) is 30.1 Å². The Bertz CT molecular complexity index is 2160. The molecule has 5 rings (SSSR count). The zero-order valence-electron chi connectivity index (χ0n) is 33.5. The summed E-state index contributed by atoms with van der Waals surface area (Å²) in [5.41, 5.74) is 7.61. The summed E-state index contributed by atoms with van der Waals surface area (Å²) in [6.07, 6.45) is 0.102. The SMILES string of the molecule is C[n+]1c(CN2CCC(c3cccc(OCc4ccc(C#N)cc4F)n3)CC2)n(CCN=C(NC(=O)OC(C)(C)C)NC(=O)OC(C)(C)C)c2cc(C(N)=O)ccc21. The quantitative estimate of drug-likeness (QED) is 0.108. The van der Waals surface area contributed by atoms with Crippen molar-refractivity contribution >= 4 is 35.1 Å². The molecule has 0 saturated carbocycles. The summed E-state index contributed by atoms with van der Waals surface area (Å²) in [5.74, 6) is 0.358. The Labute approximate surface area is 331 Å². The van der Waals surface area contributed by atoms with Crippen molar-refractivity contribution < 1.29 is 37.6 Å². The van der Waals surface area contributed by atoms with Gasteiger partial charge in [0.1, 0.15) is 36.7 Å². The number of amides is 3. The molecule has 1 fully saturated rings. The Morgan fingerprint density at radius 1 is 1.00 bits per heavy atom. The Balaban J connectivity index is 1.31. The second kappa shape index (κ2) is 17.8. The van der Waals surface area contributed by atoms with E-state index >= 15 is 0 Å². The molecular weight excluding hydrogens is 734 g/mol.